The first-order valence-corrected chi connectivity index (χ1v) is 3.67. The van der Waals surface area contributed by atoms with Crippen LogP contribution in [0.1, 0.15) is 17.4 Å². The summed E-state index contributed by atoms with van der Waals surface area (Å²) in [7, 11) is 1.67. The van der Waals surface area contributed by atoms with Gasteiger partial charge in [-0.25, -0.2) is 4.79 Å². The number of aromatic carboxylic acids is 1. The molecule has 0 spiro atoms. The standard InChI is InChI=1S/C8H11NO3/c1-3-12-6-4-7(8(10)11)9(2)5-6/h4-5H,3H2,1-2H3,(H,10,11). The Labute approximate surface area is 70.4 Å². The van der Waals surface area contributed by atoms with Gasteiger partial charge in [0.1, 0.15) is 11.4 Å². The van der Waals surface area contributed by atoms with Crippen LogP contribution >= 0.6 is 0 Å². The topological polar surface area (TPSA) is 51.5 Å². The summed E-state index contributed by atoms with van der Waals surface area (Å²) in [6.45, 7) is 2.40. The Hall–Kier alpha value is -1.45. The van der Waals surface area contributed by atoms with Crippen LogP contribution in [0.15, 0.2) is 12.3 Å². The Balaban J connectivity index is 2.92. The number of carboxylic acid groups (broad SMARTS) is 1. The number of aryl methyl sites for hydroxylation is 1. The molecule has 0 aliphatic carbocycles. The van der Waals surface area contributed by atoms with E-state index >= 15 is 0 Å². The Morgan fingerprint density at radius 1 is 1.75 bits per heavy atom. The van der Waals surface area contributed by atoms with Crippen LogP contribution in [-0.2, 0) is 7.05 Å². The van der Waals surface area contributed by atoms with Crippen molar-refractivity contribution in [1.82, 2.24) is 4.57 Å². The van der Waals surface area contributed by atoms with E-state index < -0.39 is 5.97 Å². The fourth-order valence-electron chi connectivity index (χ4n) is 0.992. The molecule has 1 aromatic rings. The van der Waals surface area contributed by atoms with E-state index in [-0.39, 0.29) is 5.69 Å². The normalized spacial score (nSPS) is 9.83. The second kappa shape index (κ2) is 3.30. The van der Waals surface area contributed by atoms with Gasteiger partial charge in [0.25, 0.3) is 0 Å². The molecule has 0 saturated heterocycles. The molecule has 0 aliphatic rings. The van der Waals surface area contributed by atoms with Gasteiger partial charge in [0, 0.05) is 19.3 Å². The minimum absolute atomic E-state index is 0.235. The Morgan fingerprint density at radius 3 is 2.83 bits per heavy atom. The van der Waals surface area contributed by atoms with Crippen molar-refractivity contribution in [2.45, 2.75) is 6.92 Å². The molecule has 0 radical (unpaired) electrons. The van der Waals surface area contributed by atoms with Crippen molar-refractivity contribution in [2.75, 3.05) is 6.61 Å². The predicted octanol–water partition coefficient (Wildman–Crippen LogP) is 1.12. The minimum atomic E-state index is -0.941. The van der Waals surface area contributed by atoms with E-state index in [4.69, 9.17) is 9.84 Å². The Bertz CT molecular complexity index is 290. The van der Waals surface area contributed by atoms with Gasteiger partial charge < -0.3 is 14.4 Å². The van der Waals surface area contributed by atoms with E-state index in [0.29, 0.717) is 12.4 Å². The summed E-state index contributed by atoms with van der Waals surface area (Å²) in [5, 5.41) is 8.67. The lowest BCUT2D eigenvalue weighted by Crippen LogP contribution is -2.02. The molecule has 1 N–H and O–H groups in total. The number of rotatable bonds is 3. The van der Waals surface area contributed by atoms with Crippen molar-refractivity contribution in [3.05, 3.63) is 18.0 Å². The fraction of sp³-hybridized carbons (Fsp3) is 0.375. The zero-order valence-corrected chi connectivity index (χ0v) is 7.07. The molecule has 0 unspecified atom stereocenters. The van der Waals surface area contributed by atoms with Crippen LogP contribution in [0.4, 0.5) is 0 Å². The molecular weight excluding hydrogens is 158 g/mol. The van der Waals surface area contributed by atoms with Gasteiger partial charge in [-0.1, -0.05) is 0 Å². The molecule has 1 aromatic heterocycles. The summed E-state index contributed by atoms with van der Waals surface area (Å²) in [6.07, 6.45) is 1.65. The summed E-state index contributed by atoms with van der Waals surface area (Å²) >= 11 is 0. The van der Waals surface area contributed by atoms with Crippen molar-refractivity contribution in [2.24, 2.45) is 7.05 Å². The van der Waals surface area contributed by atoms with Crippen LogP contribution in [0.2, 0.25) is 0 Å². The monoisotopic (exact) mass is 169 g/mol. The molecule has 0 bridgehead atoms. The Morgan fingerprint density at radius 2 is 2.42 bits per heavy atom. The van der Waals surface area contributed by atoms with Crippen LogP contribution in [0.25, 0.3) is 0 Å². The van der Waals surface area contributed by atoms with E-state index in [1.165, 1.54) is 10.6 Å². The van der Waals surface area contributed by atoms with E-state index in [1.54, 1.807) is 13.2 Å². The molecule has 66 valence electrons. The van der Waals surface area contributed by atoms with Gasteiger partial charge in [0.2, 0.25) is 0 Å². The fourth-order valence-corrected chi connectivity index (χ4v) is 0.992. The van der Waals surface area contributed by atoms with Crippen molar-refractivity contribution < 1.29 is 14.6 Å². The first-order chi connectivity index (χ1) is 5.65. The summed E-state index contributed by atoms with van der Waals surface area (Å²) in [5.74, 6) is -0.346. The highest BCUT2D eigenvalue weighted by Crippen LogP contribution is 2.14. The zero-order chi connectivity index (χ0) is 9.14. The van der Waals surface area contributed by atoms with Crippen molar-refractivity contribution in [3.63, 3.8) is 0 Å². The van der Waals surface area contributed by atoms with Crippen molar-refractivity contribution >= 4 is 5.97 Å². The number of carbonyl (C=O) groups is 1. The summed E-state index contributed by atoms with van der Waals surface area (Å²) < 4.78 is 6.65. The number of hydrogen-bond donors (Lipinski definition) is 1. The predicted molar refractivity (Wildman–Crippen MR) is 43.5 cm³/mol. The highest BCUT2D eigenvalue weighted by atomic mass is 16.5. The molecule has 0 atom stereocenters. The Kier molecular flexibility index (Phi) is 2.38. The van der Waals surface area contributed by atoms with E-state index in [9.17, 15) is 4.79 Å². The molecule has 0 amide bonds. The van der Waals surface area contributed by atoms with Crippen LogP contribution in [-0.4, -0.2) is 22.2 Å². The minimum Gasteiger partial charge on any atom is -0.492 e. The molecule has 0 aromatic carbocycles. The summed E-state index contributed by atoms with van der Waals surface area (Å²) in [6, 6.07) is 1.51. The third kappa shape index (κ3) is 1.58. The largest absolute Gasteiger partial charge is 0.492 e. The van der Waals surface area contributed by atoms with E-state index in [1.807, 2.05) is 6.92 Å². The summed E-state index contributed by atoms with van der Waals surface area (Å²) in [4.78, 5) is 10.6. The zero-order valence-electron chi connectivity index (χ0n) is 7.07. The van der Waals surface area contributed by atoms with Crippen LogP contribution in [0.5, 0.6) is 5.75 Å². The van der Waals surface area contributed by atoms with Gasteiger partial charge in [-0.15, -0.1) is 0 Å². The van der Waals surface area contributed by atoms with Crippen LogP contribution in [0.3, 0.4) is 0 Å². The molecule has 4 nitrogen and oxygen atoms in total. The SMILES string of the molecule is CCOc1cc(C(=O)O)n(C)c1. The maximum atomic E-state index is 10.6. The number of carboxylic acids is 1. The average Bonchev–Trinajstić information content (AvgIpc) is 2.32. The molecule has 4 heteroatoms. The van der Waals surface area contributed by atoms with Gasteiger partial charge >= 0.3 is 5.97 Å². The second-order valence-electron chi connectivity index (χ2n) is 2.41. The second-order valence-corrected chi connectivity index (χ2v) is 2.41. The number of aromatic nitrogens is 1. The number of ether oxygens (including phenoxy) is 1. The maximum absolute atomic E-state index is 10.6. The molecular formula is C8H11NO3. The lowest BCUT2D eigenvalue weighted by Gasteiger charge is -1.95. The molecule has 0 fully saturated rings. The third-order valence-electron chi connectivity index (χ3n) is 1.51. The third-order valence-corrected chi connectivity index (χ3v) is 1.51. The molecule has 1 heterocycles. The molecule has 1 rings (SSSR count). The van der Waals surface area contributed by atoms with Crippen molar-refractivity contribution in [1.29, 1.82) is 0 Å². The molecule has 0 aliphatic heterocycles. The first kappa shape index (κ1) is 8.64. The van der Waals surface area contributed by atoms with Crippen LogP contribution in [0, 0.1) is 0 Å². The average molecular weight is 169 g/mol. The highest BCUT2D eigenvalue weighted by Gasteiger charge is 2.09. The van der Waals surface area contributed by atoms with Gasteiger partial charge in [-0.05, 0) is 6.92 Å². The number of nitrogens with zero attached hydrogens (tertiary/aromatic N) is 1. The first-order valence-electron chi connectivity index (χ1n) is 3.67. The lowest BCUT2D eigenvalue weighted by molar-refractivity contribution is 0.0686. The lowest BCUT2D eigenvalue weighted by atomic mass is 10.4. The van der Waals surface area contributed by atoms with Gasteiger partial charge in [-0.2, -0.15) is 0 Å². The molecule has 0 saturated carbocycles. The quantitative estimate of drug-likeness (QED) is 0.737. The van der Waals surface area contributed by atoms with Gasteiger partial charge in [0.15, 0.2) is 0 Å². The maximum Gasteiger partial charge on any atom is 0.352 e. The van der Waals surface area contributed by atoms with Crippen LogP contribution < -0.4 is 4.74 Å². The smallest absolute Gasteiger partial charge is 0.352 e. The van der Waals surface area contributed by atoms with Crippen molar-refractivity contribution in [3.8, 4) is 5.75 Å². The summed E-state index contributed by atoms with van der Waals surface area (Å²) in [5.41, 5.74) is 0.235. The van der Waals surface area contributed by atoms with E-state index in [0.717, 1.165) is 0 Å². The molecule has 12 heavy (non-hydrogen) atoms. The number of hydrogen-bond acceptors (Lipinski definition) is 2. The van der Waals surface area contributed by atoms with E-state index in [2.05, 4.69) is 0 Å². The van der Waals surface area contributed by atoms with Gasteiger partial charge in [-0.3, -0.25) is 0 Å². The highest BCUT2D eigenvalue weighted by molar-refractivity contribution is 5.86. The van der Waals surface area contributed by atoms with Gasteiger partial charge in [0.05, 0.1) is 6.61 Å².